The van der Waals surface area contributed by atoms with Crippen molar-refractivity contribution in [2.45, 2.75) is 91.9 Å². The van der Waals surface area contributed by atoms with E-state index in [4.69, 9.17) is 5.26 Å². The van der Waals surface area contributed by atoms with E-state index in [0.717, 1.165) is 84.4 Å². The largest absolute Gasteiger partial charge is 0.367 e. The van der Waals surface area contributed by atoms with Crippen molar-refractivity contribution in [2.75, 3.05) is 29.5 Å². The second-order valence-electron chi connectivity index (χ2n) is 14.7. The lowest BCUT2D eigenvalue weighted by Crippen LogP contribution is -2.50. The summed E-state index contributed by atoms with van der Waals surface area (Å²) in [4.78, 5) is 2.62. The van der Waals surface area contributed by atoms with Crippen LogP contribution in [0.5, 0.6) is 0 Å². The highest BCUT2D eigenvalue weighted by atomic mass is 32.2. The van der Waals surface area contributed by atoms with Crippen LogP contribution in [0.1, 0.15) is 76.3 Å². The number of rotatable bonds is 14. The molecule has 4 N–H and O–H groups in total. The van der Waals surface area contributed by atoms with Crippen LogP contribution in [0.25, 0.3) is 0 Å². The van der Waals surface area contributed by atoms with Crippen LogP contribution >= 0.6 is 12.0 Å². The van der Waals surface area contributed by atoms with Gasteiger partial charge < -0.3 is 4.90 Å². The van der Waals surface area contributed by atoms with Gasteiger partial charge in [0.05, 0.1) is 33.9 Å². The molecule has 2 aromatic carbocycles. The van der Waals surface area contributed by atoms with Gasteiger partial charge in [0, 0.05) is 52.2 Å². The number of allylic oxidation sites excluding steroid dienone is 3. The van der Waals surface area contributed by atoms with Crippen molar-refractivity contribution < 1.29 is 58.1 Å². The topological polar surface area (TPSA) is 208 Å². The molecule has 2 aliphatic heterocycles. The molecule has 14 nitrogen and oxygen atoms in total. The predicted molar refractivity (Wildman–Crippen MR) is 199 cm³/mol. The Balaban J connectivity index is 1.36. The lowest BCUT2D eigenvalue weighted by atomic mass is 9.65. The molecule has 0 radical (unpaired) electrons. The zero-order chi connectivity index (χ0) is 38.4. The summed E-state index contributed by atoms with van der Waals surface area (Å²) in [5.74, 6) is -0.813. The van der Waals surface area contributed by atoms with Gasteiger partial charge in [-0.15, -0.1) is 4.33 Å². The van der Waals surface area contributed by atoms with Crippen molar-refractivity contribution in [3.8, 4) is 0 Å². The molecule has 0 aromatic heterocycles. The van der Waals surface area contributed by atoms with Crippen molar-refractivity contribution in [2.24, 2.45) is 5.92 Å². The Hall–Kier alpha value is -2.65. The third kappa shape index (κ3) is 8.32. The minimum absolute atomic E-state index is 0.0159. The van der Waals surface area contributed by atoms with E-state index in [-0.39, 0.29) is 35.4 Å². The third-order valence-electron chi connectivity index (χ3n) is 11.3. The summed E-state index contributed by atoms with van der Waals surface area (Å²) in [6.45, 7) is 4.91. The fourth-order valence-corrected chi connectivity index (χ4v) is 11.1. The van der Waals surface area contributed by atoms with Crippen molar-refractivity contribution in [1.29, 1.82) is 0 Å². The SMILES string of the molecule is CC12CCC/C(=C\C=C\C3CCCC4(C)c5cc(S(=O)(=O)O)ccc5N(CCCS(=O)(=O)O)C34)C1=[N+](CCCS(=O)(=O)O)c1ccc(SOOO)cc12. The highest BCUT2D eigenvalue weighted by Crippen LogP contribution is 2.55. The lowest BCUT2D eigenvalue weighted by Gasteiger charge is -2.45. The molecule has 6 rings (SSSR count). The van der Waals surface area contributed by atoms with Crippen molar-refractivity contribution >= 4 is 59.5 Å². The zero-order valence-corrected chi connectivity index (χ0v) is 32.7. The average Bonchev–Trinajstić information content (AvgIpc) is 3.47. The molecular weight excluding hydrogens is 769 g/mol. The second-order valence-corrected chi connectivity index (χ2v) is 20.1. The summed E-state index contributed by atoms with van der Waals surface area (Å²) in [5, 5.41) is 12.5. The Morgan fingerprint density at radius 1 is 0.943 bits per heavy atom. The van der Waals surface area contributed by atoms with E-state index in [0.29, 0.717) is 18.0 Å². The maximum Gasteiger partial charge on any atom is 0.294 e. The lowest BCUT2D eigenvalue weighted by molar-refractivity contribution is -0.438. The summed E-state index contributed by atoms with van der Waals surface area (Å²) in [6.07, 6.45) is 11.6. The molecule has 4 atom stereocenters. The van der Waals surface area contributed by atoms with Crippen LogP contribution in [-0.4, -0.2) is 85.1 Å². The Morgan fingerprint density at radius 2 is 1.68 bits per heavy atom. The van der Waals surface area contributed by atoms with E-state index >= 15 is 0 Å². The highest BCUT2D eigenvalue weighted by molar-refractivity contribution is 7.94. The van der Waals surface area contributed by atoms with E-state index in [1.54, 1.807) is 6.07 Å². The summed E-state index contributed by atoms with van der Waals surface area (Å²) in [7, 11) is -12.8. The van der Waals surface area contributed by atoms with E-state index in [1.165, 1.54) is 12.1 Å². The smallest absolute Gasteiger partial charge is 0.294 e. The van der Waals surface area contributed by atoms with Gasteiger partial charge in [-0.1, -0.05) is 36.6 Å². The molecule has 4 aliphatic rings. The number of benzene rings is 2. The first-order valence-corrected chi connectivity index (χ1v) is 22.9. The minimum atomic E-state index is -4.46. The first kappa shape index (κ1) is 40.0. The van der Waals surface area contributed by atoms with Crippen LogP contribution in [-0.2, 0) is 50.6 Å². The normalized spacial score (nSPS) is 26.6. The van der Waals surface area contributed by atoms with E-state index < -0.39 is 46.9 Å². The van der Waals surface area contributed by atoms with Crippen LogP contribution in [0.15, 0.2) is 70.0 Å². The van der Waals surface area contributed by atoms with Gasteiger partial charge in [0.25, 0.3) is 30.4 Å². The molecule has 2 aliphatic carbocycles. The molecule has 2 heterocycles. The summed E-state index contributed by atoms with van der Waals surface area (Å²) in [6, 6.07) is 10.1. The molecule has 18 heteroatoms. The van der Waals surface area contributed by atoms with Gasteiger partial charge in [0.15, 0.2) is 5.71 Å². The monoisotopic (exact) mass is 813 g/mol. The van der Waals surface area contributed by atoms with Gasteiger partial charge >= 0.3 is 0 Å². The van der Waals surface area contributed by atoms with Gasteiger partial charge in [-0.2, -0.15) is 29.8 Å². The first-order chi connectivity index (χ1) is 24.9. The Kier molecular flexibility index (Phi) is 11.4. The van der Waals surface area contributed by atoms with Gasteiger partial charge in [0.1, 0.15) is 6.54 Å². The molecule has 290 valence electrons. The first-order valence-electron chi connectivity index (χ1n) is 17.5. The highest BCUT2D eigenvalue weighted by Gasteiger charge is 2.53. The zero-order valence-electron chi connectivity index (χ0n) is 29.4. The molecule has 0 spiro atoms. The Bertz CT molecular complexity index is 2190. The molecule has 0 saturated heterocycles. The standard InChI is InChI=1S/C35H44N2O12S4/c1-34-16-4-10-24(32(34)36(18-6-20-51(39,40)41)30-14-12-26(22-28(30)34)50-49-48-38)8-3-9-25-11-5-17-35(2)29-23-27(53(45,46)47)13-15-31(29)37(33(25)35)19-7-21-52(42,43)44/h3,8-9,12-15,22-23,25,33H,4-7,10-11,16-21H2,1-2H3,(H3-,38,39,40,41,42,43,44,45,46,47)/p+1/b9-3+,24-8+. The molecule has 53 heavy (non-hydrogen) atoms. The molecule has 0 bridgehead atoms. The maximum absolute atomic E-state index is 12.1. The fourth-order valence-electron chi connectivity index (χ4n) is 9.25. The molecule has 4 unspecified atom stereocenters. The average molecular weight is 814 g/mol. The van der Waals surface area contributed by atoms with E-state index in [1.807, 2.05) is 24.3 Å². The Morgan fingerprint density at radius 3 is 2.38 bits per heavy atom. The Labute approximate surface area is 314 Å². The summed E-state index contributed by atoms with van der Waals surface area (Å²) in [5.41, 5.74) is 4.69. The van der Waals surface area contributed by atoms with E-state index in [9.17, 15) is 38.9 Å². The third-order valence-corrected chi connectivity index (χ3v) is 14.3. The van der Waals surface area contributed by atoms with Crippen molar-refractivity contribution in [3.05, 3.63) is 71.3 Å². The predicted octanol–water partition coefficient (Wildman–Crippen LogP) is 5.89. The number of fused-ring (bicyclic) bond motifs is 6. The molecule has 0 amide bonds. The van der Waals surface area contributed by atoms with Crippen LogP contribution in [0.3, 0.4) is 0 Å². The molecule has 2 saturated carbocycles. The summed E-state index contributed by atoms with van der Waals surface area (Å²) >= 11 is 0.862. The molecular formula is C35H45N2O12S4+. The van der Waals surface area contributed by atoms with Gasteiger partial charge in [-0.25, -0.2) is 5.26 Å². The van der Waals surface area contributed by atoms with Gasteiger partial charge in [0.2, 0.25) is 5.69 Å². The molecule has 2 fully saturated rings. The van der Waals surface area contributed by atoms with E-state index in [2.05, 4.69) is 44.8 Å². The molecule has 2 aromatic rings. The number of nitrogens with zero attached hydrogens (tertiary/aromatic N) is 2. The fraction of sp³-hybridized carbons (Fsp3) is 0.514. The van der Waals surface area contributed by atoms with Crippen molar-refractivity contribution in [1.82, 2.24) is 0 Å². The van der Waals surface area contributed by atoms with Crippen LogP contribution in [0.2, 0.25) is 0 Å². The summed E-state index contributed by atoms with van der Waals surface area (Å²) < 4.78 is 106. The minimum Gasteiger partial charge on any atom is -0.367 e. The van der Waals surface area contributed by atoms with Crippen LogP contribution in [0.4, 0.5) is 11.4 Å². The van der Waals surface area contributed by atoms with Gasteiger partial charge in [-0.3, -0.25) is 13.7 Å². The number of hydrogen-bond acceptors (Lipinski definition) is 11. The van der Waals surface area contributed by atoms with Gasteiger partial charge in [-0.05, 0) is 87.3 Å². The quantitative estimate of drug-likeness (QED) is 0.0577. The van der Waals surface area contributed by atoms with Crippen LogP contribution < -0.4 is 4.90 Å². The maximum atomic E-state index is 12.1. The van der Waals surface area contributed by atoms with Crippen LogP contribution in [0, 0.1) is 5.92 Å². The number of anilines is 1. The van der Waals surface area contributed by atoms with Crippen molar-refractivity contribution in [3.63, 3.8) is 0 Å². The number of hydrogen-bond donors (Lipinski definition) is 4. The second kappa shape index (κ2) is 15.1.